The number of hydrogen-bond acceptors (Lipinski definition) is 2. The molecule has 0 radical (unpaired) electrons. The van der Waals surface area contributed by atoms with Crippen molar-refractivity contribution < 1.29 is 9.90 Å². The third-order valence-electron chi connectivity index (χ3n) is 3.86. The first kappa shape index (κ1) is 15.3. The van der Waals surface area contributed by atoms with Gasteiger partial charge in [0.1, 0.15) is 0 Å². The Morgan fingerprint density at radius 3 is 2.75 bits per heavy atom. The molecular formula is C16H22ClNO2. The maximum atomic E-state index is 11.2. The van der Waals surface area contributed by atoms with E-state index in [0.717, 1.165) is 17.9 Å². The minimum atomic E-state index is -0.704. The van der Waals surface area contributed by atoms with Gasteiger partial charge in [-0.3, -0.25) is 4.79 Å². The van der Waals surface area contributed by atoms with E-state index in [1.807, 2.05) is 12.1 Å². The smallest absolute Gasteiger partial charge is 0.307 e. The Hall–Kier alpha value is -1.06. The lowest BCUT2D eigenvalue weighted by Gasteiger charge is -2.18. The molecule has 0 saturated carbocycles. The molecule has 4 heteroatoms. The van der Waals surface area contributed by atoms with Crippen LogP contribution in [0.4, 0.5) is 0 Å². The zero-order valence-corrected chi connectivity index (χ0v) is 12.8. The van der Waals surface area contributed by atoms with Crippen molar-refractivity contribution >= 4 is 17.6 Å². The Morgan fingerprint density at radius 1 is 1.40 bits per heavy atom. The first-order valence-electron chi connectivity index (χ1n) is 7.19. The SMILES string of the molecule is CC(C)CC(CNC1Cc2ccc(Cl)cc2C1)C(=O)O. The zero-order chi connectivity index (χ0) is 14.7. The van der Waals surface area contributed by atoms with Gasteiger partial charge >= 0.3 is 5.97 Å². The molecule has 2 N–H and O–H groups in total. The topological polar surface area (TPSA) is 49.3 Å². The van der Waals surface area contributed by atoms with E-state index in [-0.39, 0.29) is 5.92 Å². The number of halogens is 1. The van der Waals surface area contributed by atoms with Gasteiger partial charge < -0.3 is 10.4 Å². The van der Waals surface area contributed by atoms with Crippen LogP contribution in [0, 0.1) is 11.8 Å². The van der Waals surface area contributed by atoms with Gasteiger partial charge in [-0.05, 0) is 48.4 Å². The Morgan fingerprint density at radius 2 is 2.10 bits per heavy atom. The summed E-state index contributed by atoms with van der Waals surface area (Å²) in [5, 5.41) is 13.4. The molecule has 0 amide bonds. The number of rotatable bonds is 6. The van der Waals surface area contributed by atoms with Crippen molar-refractivity contribution in [3.63, 3.8) is 0 Å². The number of fused-ring (bicyclic) bond motifs is 1. The minimum Gasteiger partial charge on any atom is -0.481 e. The van der Waals surface area contributed by atoms with Crippen molar-refractivity contribution in [3.8, 4) is 0 Å². The Bertz CT molecular complexity index is 487. The number of benzene rings is 1. The summed E-state index contributed by atoms with van der Waals surface area (Å²) in [6.07, 6.45) is 2.61. The number of carboxylic acid groups (broad SMARTS) is 1. The van der Waals surface area contributed by atoms with Gasteiger partial charge in [0.05, 0.1) is 5.92 Å². The minimum absolute atomic E-state index is 0.303. The molecule has 0 bridgehead atoms. The molecule has 2 rings (SSSR count). The van der Waals surface area contributed by atoms with Crippen LogP contribution in [-0.2, 0) is 17.6 Å². The van der Waals surface area contributed by atoms with Gasteiger partial charge in [-0.15, -0.1) is 0 Å². The number of hydrogen-bond donors (Lipinski definition) is 2. The van der Waals surface area contributed by atoms with Crippen LogP contribution in [0.15, 0.2) is 18.2 Å². The van der Waals surface area contributed by atoms with Crippen molar-refractivity contribution in [2.24, 2.45) is 11.8 Å². The van der Waals surface area contributed by atoms with E-state index < -0.39 is 5.97 Å². The standard InChI is InChI=1S/C16H22ClNO2/c1-10(2)5-13(16(19)20)9-18-15-7-11-3-4-14(17)6-12(11)8-15/h3-4,6,10,13,15,18H,5,7-9H2,1-2H3,(H,19,20). The average molecular weight is 296 g/mol. The van der Waals surface area contributed by atoms with Gasteiger partial charge in [-0.2, -0.15) is 0 Å². The third-order valence-corrected chi connectivity index (χ3v) is 4.09. The summed E-state index contributed by atoms with van der Waals surface area (Å²) >= 11 is 6.00. The van der Waals surface area contributed by atoms with Gasteiger partial charge in [0, 0.05) is 17.6 Å². The Balaban J connectivity index is 1.88. The molecule has 20 heavy (non-hydrogen) atoms. The molecule has 2 atom stereocenters. The van der Waals surface area contributed by atoms with E-state index in [9.17, 15) is 9.90 Å². The molecule has 110 valence electrons. The lowest BCUT2D eigenvalue weighted by Crippen LogP contribution is -2.37. The van der Waals surface area contributed by atoms with Gasteiger partial charge in [-0.25, -0.2) is 0 Å². The lowest BCUT2D eigenvalue weighted by atomic mass is 9.97. The largest absolute Gasteiger partial charge is 0.481 e. The molecule has 0 fully saturated rings. The van der Waals surface area contributed by atoms with Gasteiger partial charge in [0.15, 0.2) is 0 Å². The van der Waals surface area contributed by atoms with Crippen LogP contribution in [-0.4, -0.2) is 23.7 Å². The fraction of sp³-hybridized carbons (Fsp3) is 0.562. The first-order valence-corrected chi connectivity index (χ1v) is 7.57. The van der Waals surface area contributed by atoms with Gasteiger partial charge in [-0.1, -0.05) is 31.5 Å². The van der Waals surface area contributed by atoms with Crippen molar-refractivity contribution in [2.45, 2.75) is 39.2 Å². The summed E-state index contributed by atoms with van der Waals surface area (Å²) in [6, 6.07) is 6.34. The summed E-state index contributed by atoms with van der Waals surface area (Å²) < 4.78 is 0. The van der Waals surface area contributed by atoms with Crippen LogP contribution in [0.1, 0.15) is 31.4 Å². The lowest BCUT2D eigenvalue weighted by molar-refractivity contribution is -0.142. The van der Waals surface area contributed by atoms with Crippen molar-refractivity contribution in [1.29, 1.82) is 0 Å². The second-order valence-corrected chi connectivity index (χ2v) is 6.53. The normalized spacial score (nSPS) is 19.1. The first-order chi connectivity index (χ1) is 9.45. The summed E-state index contributed by atoms with van der Waals surface area (Å²) in [7, 11) is 0. The molecule has 0 aliphatic heterocycles. The number of carbonyl (C=O) groups is 1. The molecule has 0 spiro atoms. The molecule has 0 heterocycles. The van der Waals surface area contributed by atoms with E-state index in [1.165, 1.54) is 11.1 Å². The zero-order valence-electron chi connectivity index (χ0n) is 12.0. The second kappa shape index (κ2) is 6.59. The second-order valence-electron chi connectivity index (χ2n) is 6.09. The average Bonchev–Trinajstić information content (AvgIpc) is 2.75. The quantitative estimate of drug-likeness (QED) is 0.847. The van der Waals surface area contributed by atoms with E-state index in [0.29, 0.717) is 24.9 Å². The van der Waals surface area contributed by atoms with Crippen LogP contribution in [0.5, 0.6) is 0 Å². The molecule has 1 aliphatic rings. The summed E-state index contributed by atoms with van der Waals surface area (Å²) in [5.74, 6) is -0.607. The maximum absolute atomic E-state index is 11.2. The molecule has 1 aliphatic carbocycles. The monoisotopic (exact) mass is 295 g/mol. The molecule has 0 saturated heterocycles. The van der Waals surface area contributed by atoms with E-state index in [1.54, 1.807) is 0 Å². The molecule has 3 nitrogen and oxygen atoms in total. The fourth-order valence-electron chi connectivity index (χ4n) is 2.88. The predicted molar refractivity (Wildman–Crippen MR) is 81.2 cm³/mol. The highest BCUT2D eigenvalue weighted by Gasteiger charge is 2.24. The summed E-state index contributed by atoms with van der Waals surface area (Å²) in [5.41, 5.74) is 2.60. The number of nitrogens with one attached hydrogen (secondary N) is 1. The number of carboxylic acids is 1. The predicted octanol–water partition coefficient (Wildman–Crippen LogP) is 3.14. The van der Waals surface area contributed by atoms with Crippen molar-refractivity contribution in [3.05, 3.63) is 34.3 Å². The molecule has 2 unspecified atom stereocenters. The van der Waals surface area contributed by atoms with Crippen LogP contribution < -0.4 is 5.32 Å². The molecule has 1 aromatic carbocycles. The molecular weight excluding hydrogens is 274 g/mol. The van der Waals surface area contributed by atoms with E-state index in [2.05, 4.69) is 25.2 Å². The van der Waals surface area contributed by atoms with Gasteiger partial charge in [0.25, 0.3) is 0 Å². The molecule has 1 aromatic rings. The third kappa shape index (κ3) is 3.97. The van der Waals surface area contributed by atoms with Crippen LogP contribution >= 0.6 is 11.6 Å². The Kier molecular flexibility index (Phi) is 5.06. The fourth-order valence-corrected chi connectivity index (χ4v) is 3.08. The summed E-state index contributed by atoms with van der Waals surface area (Å²) in [6.45, 7) is 4.66. The highest BCUT2D eigenvalue weighted by molar-refractivity contribution is 6.30. The Labute approximate surface area is 125 Å². The van der Waals surface area contributed by atoms with Crippen molar-refractivity contribution in [1.82, 2.24) is 5.32 Å². The highest BCUT2D eigenvalue weighted by Crippen LogP contribution is 2.25. The van der Waals surface area contributed by atoms with Crippen LogP contribution in [0.3, 0.4) is 0 Å². The van der Waals surface area contributed by atoms with Crippen LogP contribution in [0.2, 0.25) is 5.02 Å². The molecule has 0 aromatic heterocycles. The van der Waals surface area contributed by atoms with E-state index in [4.69, 9.17) is 11.6 Å². The van der Waals surface area contributed by atoms with Gasteiger partial charge in [0.2, 0.25) is 0 Å². The van der Waals surface area contributed by atoms with E-state index >= 15 is 0 Å². The summed E-state index contributed by atoms with van der Waals surface area (Å²) in [4.78, 5) is 11.2. The highest BCUT2D eigenvalue weighted by atomic mass is 35.5. The maximum Gasteiger partial charge on any atom is 0.307 e. The van der Waals surface area contributed by atoms with Crippen molar-refractivity contribution in [2.75, 3.05) is 6.54 Å². The van der Waals surface area contributed by atoms with Crippen LogP contribution in [0.25, 0.3) is 0 Å². The number of aliphatic carboxylic acids is 1.